The van der Waals surface area contributed by atoms with Crippen LogP contribution in [0, 0.1) is 21.3 Å². The lowest BCUT2D eigenvalue weighted by molar-refractivity contribution is -0.384. The SMILES string of the molecule is CC(C)(CNc1ccc(F)cc1[N+](=O)[O-])C(=O)O. The van der Waals surface area contributed by atoms with E-state index >= 15 is 0 Å². The molecule has 0 aliphatic heterocycles. The van der Waals surface area contributed by atoms with Gasteiger partial charge in [-0.25, -0.2) is 4.39 Å². The van der Waals surface area contributed by atoms with E-state index in [4.69, 9.17) is 5.11 Å². The van der Waals surface area contributed by atoms with Crippen LogP contribution in [0.3, 0.4) is 0 Å². The standard InChI is InChI=1S/C11H13FN2O4/c1-11(2,10(15)16)6-13-8-4-3-7(12)5-9(8)14(17)18/h3-5,13H,6H2,1-2H3,(H,15,16). The fourth-order valence-electron chi connectivity index (χ4n) is 1.20. The third-order valence-corrected chi connectivity index (χ3v) is 2.46. The van der Waals surface area contributed by atoms with Crippen LogP contribution in [0.5, 0.6) is 0 Å². The van der Waals surface area contributed by atoms with Gasteiger partial charge in [-0.15, -0.1) is 0 Å². The smallest absolute Gasteiger partial charge is 0.310 e. The first kappa shape index (κ1) is 13.9. The van der Waals surface area contributed by atoms with E-state index in [2.05, 4.69) is 5.32 Å². The Kier molecular flexibility index (Phi) is 3.85. The number of halogens is 1. The second-order valence-electron chi connectivity index (χ2n) is 4.46. The third-order valence-electron chi connectivity index (χ3n) is 2.46. The highest BCUT2D eigenvalue weighted by Crippen LogP contribution is 2.26. The Morgan fingerprint density at radius 2 is 2.17 bits per heavy atom. The van der Waals surface area contributed by atoms with Gasteiger partial charge in [0.2, 0.25) is 0 Å². The van der Waals surface area contributed by atoms with E-state index in [1.54, 1.807) is 0 Å². The van der Waals surface area contributed by atoms with E-state index in [-0.39, 0.29) is 12.2 Å². The fraction of sp³-hybridized carbons (Fsp3) is 0.364. The molecule has 6 nitrogen and oxygen atoms in total. The zero-order valence-electron chi connectivity index (χ0n) is 9.94. The van der Waals surface area contributed by atoms with E-state index in [9.17, 15) is 19.3 Å². The van der Waals surface area contributed by atoms with Gasteiger partial charge in [-0.1, -0.05) is 0 Å². The maximum atomic E-state index is 12.9. The number of nitrogens with zero attached hydrogens (tertiary/aromatic N) is 1. The van der Waals surface area contributed by atoms with Crippen molar-refractivity contribution >= 4 is 17.3 Å². The lowest BCUT2D eigenvalue weighted by Gasteiger charge is -2.20. The molecule has 0 saturated carbocycles. The van der Waals surface area contributed by atoms with Gasteiger partial charge in [0.15, 0.2) is 0 Å². The highest BCUT2D eigenvalue weighted by Gasteiger charge is 2.27. The second-order valence-corrected chi connectivity index (χ2v) is 4.46. The minimum Gasteiger partial charge on any atom is -0.481 e. The zero-order chi connectivity index (χ0) is 13.9. The Balaban J connectivity index is 2.92. The number of anilines is 1. The maximum absolute atomic E-state index is 12.9. The molecule has 0 aliphatic rings. The van der Waals surface area contributed by atoms with Crippen molar-refractivity contribution in [1.29, 1.82) is 0 Å². The number of carboxylic acids is 1. The number of carboxylic acid groups (broad SMARTS) is 1. The highest BCUT2D eigenvalue weighted by molar-refractivity contribution is 5.75. The minimum atomic E-state index is -1.08. The molecular weight excluding hydrogens is 243 g/mol. The molecule has 0 unspecified atom stereocenters. The molecule has 0 bridgehead atoms. The fourth-order valence-corrected chi connectivity index (χ4v) is 1.20. The van der Waals surface area contributed by atoms with E-state index in [1.807, 2.05) is 0 Å². The van der Waals surface area contributed by atoms with Crippen molar-refractivity contribution in [3.63, 3.8) is 0 Å². The molecule has 0 radical (unpaired) electrons. The summed E-state index contributed by atoms with van der Waals surface area (Å²) in [5.41, 5.74) is -1.41. The number of nitro benzene ring substituents is 1. The van der Waals surface area contributed by atoms with Crippen molar-refractivity contribution in [2.75, 3.05) is 11.9 Å². The van der Waals surface area contributed by atoms with Crippen molar-refractivity contribution in [2.45, 2.75) is 13.8 Å². The Morgan fingerprint density at radius 3 is 2.67 bits per heavy atom. The summed E-state index contributed by atoms with van der Waals surface area (Å²) in [6, 6.07) is 3.07. The van der Waals surface area contributed by atoms with Crippen LogP contribution < -0.4 is 5.32 Å². The summed E-state index contributed by atoms with van der Waals surface area (Å²) >= 11 is 0. The molecular formula is C11H13FN2O4. The van der Waals surface area contributed by atoms with Gasteiger partial charge in [-0.05, 0) is 26.0 Å². The monoisotopic (exact) mass is 256 g/mol. The molecule has 18 heavy (non-hydrogen) atoms. The number of rotatable bonds is 5. The van der Waals surface area contributed by atoms with Crippen LogP contribution in [-0.2, 0) is 4.79 Å². The second kappa shape index (κ2) is 4.99. The Labute approximate surface area is 103 Å². The summed E-state index contributed by atoms with van der Waals surface area (Å²) in [5, 5.41) is 22.3. The summed E-state index contributed by atoms with van der Waals surface area (Å²) in [6.07, 6.45) is 0. The predicted molar refractivity (Wildman–Crippen MR) is 63.0 cm³/mol. The molecule has 2 N–H and O–H groups in total. The van der Waals surface area contributed by atoms with Gasteiger partial charge < -0.3 is 10.4 Å². The van der Waals surface area contributed by atoms with Gasteiger partial charge in [-0.3, -0.25) is 14.9 Å². The average Bonchev–Trinajstić information content (AvgIpc) is 2.27. The molecule has 1 aromatic rings. The maximum Gasteiger partial charge on any atom is 0.310 e. The molecule has 1 aromatic carbocycles. The predicted octanol–water partition coefficient (Wildman–Crippen LogP) is 2.26. The number of aliphatic carboxylic acids is 1. The average molecular weight is 256 g/mol. The first-order valence-corrected chi connectivity index (χ1v) is 5.15. The first-order chi connectivity index (χ1) is 8.24. The largest absolute Gasteiger partial charge is 0.481 e. The zero-order valence-corrected chi connectivity index (χ0v) is 9.94. The molecule has 1 rings (SSSR count). The molecule has 0 saturated heterocycles. The van der Waals surface area contributed by atoms with E-state index in [0.29, 0.717) is 0 Å². The van der Waals surface area contributed by atoms with Gasteiger partial charge in [-0.2, -0.15) is 0 Å². The number of carbonyl (C=O) groups is 1. The number of nitrogens with one attached hydrogen (secondary N) is 1. The number of nitro groups is 1. The molecule has 7 heteroatoms. The molecule has 0 fully saturated rings. The molecule has 0 aliphatic carbocycles. The quantitative estimate of drug-likeness (QED) is 0.622. The highest BCUT2D eigenvalue weighted by atomic mass is 19.1. The number of benzene rings is 1. The number of hydrogen-bond donors (Lipinski definition) is 2. The van der Waals surface area contributed by atoms with Gasteiger partial charge >= 0.3 is 5.97 Å². The normalized spacial score (nSPS) is 11.1. The van der Waals surface area contributed by atoms with Crippen LogP contribution in [-0.4, -0.2) is 22.5 Å². The summed E-state index contributed by atoms with van der Waals surface area (Å²) in [4.78, 5) is 20.9. The van der Waals surface area contributed by atoms with Crippen molar-refractivity contribution in [2.24, 2.45) is 5.41 Å². The summed E-state index contributed by atoms with van der Waals surface area (Å²) in [7, 11) is 0. The van der Waals surface area contributed by atoms with Crippen molar-refractivity contribution in [3.05, 3.63) is 34.1 Å². The molecule has 0 amide bonds. The van der Waals surface area contributed by atoms with Crippen LogP contribution in [0.15, 0.2) is 18.2 Å². The van der Waals surface area contributed by atoms with Gasteiger partial charge in [0.05, 0.1) is 16.4 Å². The van der Waals surface area contributed by atoms with Gasteiger partial charge in [0.25, 0.3) is 5.69 Å². The molecule has 0 heterocycles. The van der Waals surface area contributed by atoms with Crippen LogP contribution in [0.1, 0.15) is 13.8 Å². The van der Waals surface area contributed by atoms with E-state index < -0.39 is 27.8 Å². The van der Waals surface area contributed by atoms with Crippen LogP contribution >= 0.6 is 0 Å². The van der Waals surface area contributed by atoms with Crippen LogP contribution in [0.2, 0.25) is 0 Å². The van der Waals surface area contributed by atoms with Crippen LogP contribution in [0.25, 0.3) is 0 Å². The number of hydrogen-bond acceptors (Lipinski definition) is 4. The molecule has 0 aromatic heterocycles. The van der Waals surface area contributed by atoms with Crippen LogP contribution in [0.4, 0.5) is 15.8 Å². The lowest BCUT2D eigenvalue weighted by Crippen LogP contribution is -2.31. The Morgan fingerprint density at radius 1 is 1.56 bits per heavy atom. The van der Waals surface area contributed by atoms with E-state index in [0.717, 1.165) is 12.1 Å². The van der Waals surface area contributed by atoms with E-state index in [1.165, 1.54) is 19.9 Å². The van der Waals surface area contributed by atoms with Crippen molar-refractivity contribution in [1.82, 2.24) is 0 Å². The Hall–Kier alpha value is -2.18. The molecule has 98 valence electrons. The first-order valence-electron chi connectivity index (χ1n) is 5.15. The van der Waals surface area contributed by atoms with Crippen molar-refractivity contribution in [3.8, 4) is 0 Å². The van der Waals surface area contributed by atoms with Crippen molar-refractivity contribution < 1.29 is 19.2 Å². The lowest BCUT2D eigenvalue weighted by atomic mass is 9.94. The topological polar surface area (TPSA) is 92.5 Å². The summed E-state index contributed by atoms with van der Waals surface area (Å²) < 4.78 is 12.9. The summed E-state index contributed by atoms with van der Waals surface area (Å²) in [5.74, 6) is -1.75. The minimum absolute atomic E-state index is 0.00515. The van der Waals surface area contributed by atoms with Gasteiger partial charge in [0, 0.05) is 6.54 Å². The third kappa shape index (κ3) is 3.16. The molecule has 0 spiro atoms. The summed E-state index contributed by atoms with van der Waals surface area (Å²) in [6.45, 7) is 2.96. The molecule has 0 atom stereocenters. The van der Waals surface area contributed by atoms with Gasteiger partial charge in [0.1, 0.15) is 11.5 Å². The Bertz CT molecular complexity index is 488.